The minimum atomic E-state index is -3.24. The number of nitrogens with two attached hydrogens (primary N) is 1. The number of aromatic nitrogens is 1. The predicted octanol–water partition coefficient (Wildman–Crippen LogP) is 0.000400. The molecule has 0 aliphatic carbocycles. The maximum absolute atomic E-state index is 11.7. The summed E-state index contributed by atoms with van der Waals surface area (Å²) in [6.07, 6.45) is 1.57. The lowest BCUT2D eigenvalue weighted by atomic mass is 10.1. The average molecular weight is 258 g/mol. The Morgan fingerprint density at radius 2 is 2.00 bits per heavy atom. The zero-order chi connectivity index (χ0) is 13.1. The van der Waals surface area contributed by atoms with E-state index in [9.17, 15) is 13.2 Å². The Hall–Kier alpha value is -1.14. The maximum Gasteiger partial charge on any atom is 0.250 e. The topological polar surface area (TPSA) is 82.2 Å². The van der Waals surface area contributed by atoms with Gasteiger partial charge in [-0.1, -0.05) is 6.07 Å². The Kier molecular flexibility index (Phi) is 4.11. The van der Waals surface area contributed by atoms with Gasteiger partial charge in [0.2, 0.25) is 0 Å². The smallest absolute Gasteiger partial charge is 0.250 e. The van der Waals surface area contributed by atoms with Gasteiger partial charge in [-0.3, -0.25) is 4.79 Å². The summed E-state index contributed by atoms with van der Waals surface area (Å²) in [5.74, 6) is -0.154. The van der Waals surface area contributed by atoms with E-state index in [0.29, 0.717) is 0 Å². The zero-order valence-electron chi connectivity index (χ0n) is 10.1. The van der Waals surface area contributed by atoms with E-state index in [1.54, 1.807) is 32.2 Å². The number of rotatable bonds is 5. The molecule has 0 aliphatic rings. The van der Waals surface area contributed by atoms with Gasteiger partial charge in [0.05, 0.1) is 11.5 Å². The van der Waals surface area contributed by atoms with Crippen molar-refractivity contribution in [1.82, 2.24) is 4.57 Å². The van der Waals surface area contributed by atoms with Gasteiger partial charge in [0, 0.05) is 24.3 Å². The van der Waals surface area contributed by atoms with Crippen LogP contribution in [0.2, 0.25) is 0 Å². The highest BCUT2D eigenvalue weighted by Gasteiger charge is 2.21. The first kappa shape index (κ1) is 13.9. The molecule has 1 aromatic rings. The molecular weight excluding hydrogens is 240 g/mol. The summed E-state index contributed by atoms with van der Waals surface area (Å²) in [6.45, 7) is 3.50. The molecule has 0 saturated heterocycles. The Bertz CT molecular complexity index is 526. The van der Waals surface area contributed by atoms with Gasteiger partial charge in [0.1, 0.15) is 0 Å². The summed E-state index contributed by atoms with van der Waals surface area (Å²) in [5.41, 5.74) is 4.72. The summed E-state index contributed by atoms with van der Waals surface area (Å²) in [6, 6.07) is 4.72. The standard InChI is InChI=1S/C11H18N2O3S/c1-11(2,12)9-17(15,16)8-7-13-6-4-3-5-10(13)14/h3-6H,7-9,12H2,1-2H3. The first-order chi connectivity index (χ1) is 7.70. The fourth-order valence-corrected chi connectivity index (χ4v) is 3.27. The van der Waals surface area contributed by atoms with E-state index in [1.807, 2.05) is 0 Å². The van der Waals surface area contributed by atoms with Gasteiger partial charge in [-0.25, -0.2) is 8.42 Å². The molecule has 1 heterocycles. The number of aryl methyl sites for hydroxylation is 1. The molecule has 6 heteroatoms. The third-order valence-corrected chi connectivity index (χ3v) is 4.12. The quantitative estimate of drug-likeness (QED) is 0.806. The monoisotopic (exact) mass is 258 g/mol. The lowest BCUT2D eigenvalue weighted by molar-refractivity contribution is 0.540. The Morgan fingerprint density at radius 1 is 1.35 bits per heavy atom. The van der Waals surface area contributed by atoms with E-state index in [1.165, 1.54) is 10.6 Å². The minimum Gasteiger partial charge on any atom is -0.325 e. The van der Waals surface area contributed by atoms with Crippen molar-refractivity contribution in [3.05, 3.63) is 34.7 Å². The lowest BCUT2D eigenvalue weighted by Crippen LogP contribution is -2.41. The molecule has 0 bridgehead atoms. The first-order valence-corrected chi connectivity index (χ1v) is 7.17. The van der Waals surface area contributed by atoms with Gasteiger partial charge >= 0.3 is 0 Å². The normalized spacial score (nSPS) is 12.6. The molecule has 0 saturated carbocycles. The number of pyridine rings is 1. The number of sulfone groups is 1. The van der Waals surface area contributed by atoms with E-state index in [2.05, 4.69) is 0 Å². The molecule has 17 heavy (non-hydrogen) atoms. The fraction of sp³-hybridized carbons (Fsp3) is 0.545. The van der Waals surface area contributed by atoms with Crippen LogP contribution in [0.15, 0.2) is 29.2 Å². The van der Waals surface area contributed by atoms with Crippen molar-refractivity contribution in [2.45, 2.75) is 25.9 Å². The van der Waals surface area contributed by atoms with Crippen LogP contribution in [0.4, 0.5) is 0 Å². The van der Waals surface area contributed by atoms with Gasteiger partial charge in [-0.05, 0) is 19.9 Å². The third kappa shape index (κ3) is 5.14. The summed E-state index contributed by atoms with van der Waals surface area (Å²) < 4.78 is 24.8. The highest BCUT2D eigenvalue weighted by atomic mass is 32.2. The molecule has 2 N–H and O–H groups in total. The SMILES string of the molecule is CC(C)(N)CS(=O)(=O)CCn1ccccc1=O. The van der Waals surface area contributed by atoms with Gasteiger partial charge in [0.15, 0.2) is 9.84 Å². The van der Waals surface area contributed by atoms with E-state index >= 15 is 0 Å². The molecule has 0 amide bonds. The summed E-state index contributed by atoms with van der Waals surface area (Å²) in [4.78, 5) is 11.4. The number of nitrogens with zero attached hydrogens (tertiary/aromatic N) is 1. The van der Waals surface area contributed by atoms with E-state index in [4.69, 9.17) is 5.73 Å². The van der Waals surface area contributed by atoms with Crippen LogP contribution < -0.4 is 11.3 Å². The zero-order valence-corrected chi connectivity index (χ0v) is 10.9. The molecule has 0 unspecified atom stereocenters. The largest absolute Gasteiger partial charge is 0.325 e. The number of hydrogen-bond acceptors (Lipinski definition) is 4. The van der Waals surface area contributed by atoms with Crippen LogP contribution in [0.25, 0.3) is 0 Å². The van der Waals surface area contributed by atoms with Crippen LogP contribution in [-0.2, 0) is 16.4 Å². The van der Waals surface area contributed by atoms with Crippen molar-refractivity contribution < 1.29 is 8.42 Å². The van der Waals surface area contributed by atoms with E-state index in [-0.39, 0.29) is 23.6 Å². The van der Waals surface area contributed by atoms with Crippen LogP contribution in [0.3, 0.4) is 0 Å². The second-order valence-corrected chi connectivity index (χ2v) is 7.00. The number of hydrogen-bond donors (Lipinski definition) is 1. The van der Waals surface area contributed by atoms with Gasteiger partial charge in [-0.15, -0.1) is 0 Å². The molecule has 1 rings (SSSR count). The lowest BCUT2D eigenvalue weighted by Gasteiger charge is -2.18. The highest BCUT2D eigenvalue weighted by Crippen LogP contribution is 2.04. The Balaban J connectivity index is 2.69. The summed E-state index contributed by atoms with van der Waals surface area (Å²) >= 11 is 0. The average Bonchev–Trinajstić information content (AvgIpc) is 2.13. The first-order valence-electron chi connectivity index (χ1n) is 5.34. The molecule has 96 valence electrons. The molecule has 0 aliphatic heterocycles. The summed E-state index contributed by atoms with van der Waals surface area (Å²) in [7, 11) is -3.24. The third-order valence-electron chi connectivity index (χ3n) is 2.13. The van der Waals surface area contributed by atoms with Crippen molar-refractivity contribution in [3.63, 3.8) is 0 Å². The molecule has 0 atom stereocenters. The van der Waals surface area contributed by atoms with Gasteiger partial charge in [0.25, 0.3) is 5.56 Å². The molecule has 0 fully saturated rings. The molecule has 0 radical (unpaired) electrons. The van der Waals surface area contributed by atoms with Crippen LogP contribution >= 0.6 is 0 Å². The van der Waals surface area contributed by atoms with Crippen LogP contribution in [0.1, 0.15) is 13.8 Å². The minimum absolute atomic E-state index is 0.0719. The van der Waals surface area contributed by atoms with E-state index < -0.39 is 15.4 Å². The Morgan fingerprint density at radius 3 is 2.53 bits per heavy atom. The second kappa shape index (κ2) is 5.01. The molecule has 1 aromatic heterocycles. The van der Waals surface area contributed by atoms with Crippen LogP contribution in [0.5, 0.6) is 0 Å². The fourth-order valence-electron chi connectivity index (χ4n) is 1.52. The highest BCUT2D eigenvalue weighted by molar-refractivity contribution is 7.91. The van der Waals surface area contributed by atoms with Crippen LogP contribution in [-0.4, -0.2) is 30.0 Å². The van der Waals surface area contributed by atoms with Crippen molar-refractivity contribution in [2.75, 3.05) is 11.5 Å². The van der Waals surface area contributed by atoms with Crippen molar-refractivity contribution in [2.24, 2.45) is 5.73 Å². The van der Waals surface area contributed by atoms with Crippen molar-refractivity contribution in [1.29, 1.82) is 0 Å². The molecule has 0 aromatic carbocycles. The summed E-state index contributed by atoms with van der Waals surface area (Å²) in [5, 5.41) is 0. The van der Waals surface area contributed by atoms with E-state index in [0.717, 1.165) is 0 Å². The molecule has 5 nitrogen and oxygen atoms in total. The molecule has 0 spiro atoms. The van der Waals surface area contributed by atoms with Gasteiger partial charge < -0.3 is 10.3 Å². The predicted molar refractivity (Wildman–Crippen MR) is 67.6 cm³/mol. The van der Waals surface area contributed by atoms with Crippen LogP contribution in [0, 0.1) is 0 Å². The second-order valence-electron chi connectivity index (χ2n) is 4.81. The maximum atomic E-state index is 11.7. The molecular formula is C11H18N2O3S. The van der Waals surface area contributed by atoms with Crippen molar-refractivity contribution in [3.8, 4) is 0 Å². The van der Waals surface area contributed by atoms with Gasteiger partial charge in [-0.2, -0.15) is 0 Å². The van der Waals surface area contributed by atoms with Crippen molar-refractivity contribution >= 4 is 9.84 Å². The Labute approximate surface area is 101 Å².